The minimum Gasteiger partial charge on any atom is -0.375 e. The first-order chi connectivity index (χ1) is 12.0. The SMILES string of the molecule is O=C(C[C@]1(O)C(=O)Nc2ccc(F)cc21)c1ccc2ccccc2c1. The van der Waals surface area contributed by atoms with Gasteiger partial charge in [-0.15, -0.1) is 0 Å². The Bertz CT molecular complexity index is 1030. The number of rotatable bonds is 3. The van der Waals surface area contributed by atoms with Gasteiger partial charge in [0.25, 0.3) is 5.91 Å². The third kappa shape index (κ3) is 2.49. The van der Waals surface area contributed by atoms with E-state index < -0.39 is 23.7 Å². The van der Waals surface area contributed by atoms with Crippen LogP contribution in [0.4, 0.5) is 10.1 Å². The Kier molecular flexibility index (Phi) is 3.40. The lowest BCUT2D eigenvalue weighted by molar-refractivity contribution is -0.133. The number of nitrogens with one attached hydrogen (secondary N) is 1. The molecule has 1 heterocycles. The molecule has 0 bridgehead atoms. The van der Waals surface area contributed by atoms with E-state index in [1.54, 1.807) is 12.1 Å². The molecule has 3 aromatic carbocycles. The Morgan fingerprint density at radius 3 is 2.60 bits per heavy atom. The number of benzene rings is 3. The lowest BCUT2D eigenvalue weighted by Crippen LogP contribution is -2.36. The number of hydrogen-bond acceptors (Lipinski definition) is 3. The number of carbonyl (C=O) groups excluding carboxylic acids is 2. The lowest BCUT2D eigenvalue weighted by Gasteiger charge is -2.20. The molecule has 124 valence electrons. The predicted octanol–water partition coefficient (Wildman–Crippen LogP) is 3.39. The smallest absolute Gasteiger partial charge is 0.261 e. The van der Waals surface area contributed by atoms with Gasteiger partial charge in [-0.05, 0) is 35.0 Å². The predicted molar refractivity (Wildman–Crippen MR) is 91.8 cm³/mol. The zero-order valence-corrected chi connectivity index (χ0v) is 13.1. The molecule has 0 aliphatic carbocycles. The zero-order chi connectivity index (χ0) is 17.6. The van der Waals surface area contributed by atoms with Crippen LogP contribution in [0.15, 0.2) is 60.7 Å². The van der Waals surface area contributed by atoms with Gasteiger partial charge < -0.3 is 10.4 Å². The number of carbonyl (C=O) groups is 2. The molecule has 0 saturated carbocycles. The maximum atomic E-state index is 13.5. The summed E-state index contributed by atoms with van der Waals surface area (Å²) in [6.45, 7) is 0. The second-order valence-electron chi connectivity index (χ2n) is 6.17. The summed E-state index contributed by atoms with van der Waals surface area (Å²) in [6.07, 6.45) is -0.451. The Morgan fingerprint density at radius 2 is 1.80 bits per heavy atom. The molecule has 1 atom stereocenters. The monoisotopic (exact) mass is 335 g/mol. The molecule has 1 aliphatic heterocycles. The van der Waals surface area contributed by atoms with Gasteiger partial charge in [0.1, 0.15) is 5.82 Å². The highest BCUT2D eigenvalue weighted by Crippen LogP contribution is 2.39. The first kappa shape index (κ1) is 15.5. The molecule has 0 unspecified atom stereocenters. The van der Waals surface area contributed by atoms with Gasteiger partial charge in [-0.1, -0.05) is 36.4 Å². The molecule has 0 aromatic heterocycles. The average molecular weight is 335 g/mol. The van der Waals surface area contributed by atoms with E-state index >= 15 is 0 Å². The molecule has 1 aliphatic rings. The van der Waals surface area contributed by atoms with Gasteiger partial charge in [-0.2, -0.15) is 0 Å². The van der Waals surface area contributed by atoms with Crippen LogP contribution in [0, 0.1) is 5.82 Å². The Hall–Kier alpha value is -3.05. The molecule has 1 amide bonds. The van der Waals surface area contributed by atoms with Gasteiger partial charge in [0.15, 0.2) is 11.4 Å². The summed E-state index contributed by atoms with van der Waals surface area (Å²) >= 11 is 0. The van der Waals surface area contributed by atoms with Crippen LogP contribution >= 0.6 is 0 Å². The number of Topliss-reactive ketones (excluding diaryl/α,β-unsaturated/α-hetero) is 1. The number of amides is 1. The van der Waals surface area contributed by atoms with Gasteiger partial charge in [0.05, 0.1) is 6.42 Å². The van der Waals surface area contributed by atoms with Crippen molar-refractivity contribution >= 4 is 28.2 Å². The molecule has 0 saturated heterocycles. The van der Waals surface area contributed by atoms with Crippen molar-refractivity contribution in [1.29, 1.82) is 0 Å². The van der Waals surface area contributed by atoms with Crippen LogP contribution in [0.25, 0.3) is 10.8 Å². The Balaban J connectivity index is 1.70. The van der Waals surface area contributed by atoms with Gasteiger partial charge in [-0.25, -0.2) is 4.39 Å². The maximum Gasteiger partial charge on any atom is 0.261 e. The largest absolute Gasteiger partial charge is 0.375 e. The van der Waals surface area contributed by atoms with E-state index in [9.17, 15) is 19.1 Å². The third-order valence-electron chi connectivity index (χ3n) is 4.54. The topological polar surface area (TPSA) is 66.4 Å². The van der Waals surface area contributed by atoms with E-state index in [1.165, 1.54) is 12.1 Å². The van der Waals surface area contributed by atoms with Crippen LogP contribution in [0.1, 0.15) is 22.3 Å². The Morgan fingerprint density at radius 1 is 1.04 bits per heavy atom. The van der Waals surface area contributed by atoms with Gasteiger partial charge >= 0.3 is 0 Å². The zero-order valence-electron chi connectivity index (χ0n) is 13.1. The van der Waals surface area contributed by atoms with Crippen molar-refractivity contribution in [1.82, 2.24) is 0 Å². The van der Waals surface area contributed by atoms with Crippen molar-refractivity contribution in [3.63, 3.8) is 0 Å². The normalized spacial score (nSPS) is 18.9. The van der Waals surface area contributed by atoms with E-state index in [0.717, 1.165) is 16.8 Å². The summed E-state index contributed by atoms with van der Waals surface area (Å²) in [5, 5.41) is 15.2. The molecular formula is C20H14FNO3. The standard InChI is InChI=1S/C20H14FNO3/c21-15-7-8-17-16(10-15)20(25,19(24)22-17)11-18(23)14-6-5-12-3-1-2-4-13(12)9-14/h1-10,25H,11H2,(H,22,24)/t20-/m1/s1. The fourth-order valence-electron chi connectivity index (χ4n) is 3.19. The second kappa shape index (κ2) is 5.50. The van der Waals surface area contributed by atoms with Crippen molar-refractivity contribution in [3.05, 3.63) is 77.6 Å². The number of ketones is 1. The highest BCUT2D eigenvalue weighted by molar-refractivity contribution is 6.10. The van der Waals surface area contributed by atoms with Crippen molar-refractivity contribution in [2.45, 2.75) is 12.0 Å². The lowest BCUT2D eigenvalue weighted by atomic mass is 9.87. The van der Waals surface area contributed by atoms with Gasteiger partial charge in [0, 0.05) is 16.8 Å². The summed E-state index contributed by atoms with van der Waals surface area (Å²) in [7, 11) is 0. The van der Waals surface area contributed by atoms with Crippen LogP contribution in [-0.4, -0.2) is 16.8 Å². The van der Waals surface area contributed by atoms with E-state index in [2.05, 4.69) is 5.32 Å². The van der Waals surface area contributed by atoms with E-state index in [0.29, 0.717) is 11.3 Å². The summed E-state index contributed by atoms with van der Waals surface area (Å²) in [5.74, 6) is -1.69. The first-order valence-electron chi connectivity index (χ1n) is 7.83. The molecule has 2 N–H and O–H groups in total. The molecule has 25 heavy (non-hydrogen) atoms. The number of fused-ring (bicyclic) bond motifs is 2. The number of aliphatic hydroxyl groups is 1. The van der Waals surface area contributed by atoms with Crippen molar-refractivity contribution in [2.24, 2.45) is 0 Å². The van der Waals surface area contributed by atoms with E-state index in [1.807, 2.05) is 30.3 Å². The third-order valence-corrected chi connectivity index (χ3v) is 4.54. The van der Waals surface area contributed by atoms with Crippen molar-refractivity contribution < 1.29 is 19.1 Å². The second-order valence-corrected chi connectivity index (χ2v) is 6.17. The quantitative estimate of drug-likeness (QED) is 0.721. The van der Waals surface area contributed by atoms with Crippen LogP contribution < -0.4 is 5.32 Å². The molecule has 4 rings (SSSR count). The van der Waals surface area contributed by atoms with Crippen molar-refractivity contribution in [3.8, 4) is 0 Å². The molecule has 3 aromatic rings. The summed E-state index contributed by atoms with van der Waals surface area (Å²) < 4.78 is 13.5. The molecule has 0 fully saturated rings. The number of halogens is 1. The fourth-order valence-corrected chi connectivity index (χ4v) is 3.19. The van der Waals surface area contributed by atoms with Crippen LogP contribution in [0.5, 0.6) is 0 Å². The molecule has 4 nitrogen and oxygen atoms in total. The maximum absolute atomic E-state index is 13.5. The highest BCUT2D eigenvalue weighted by atomic mass is 19.1. The summed E-state index contributed by atoms with van der Waals surface area (Å²) in [5.41, 5.74) is -1.27. The van der Waals surface area contributed by atoms with E-state index in [-0.39, 0.29) is 11.3 Å². The first-order valence-corrected chi connectivity index (χ1v) is 7.83. The molecule has 0 spiro atoms. The van der Waals surface area contributed by atoms with Crippen LogP contribution in [-0.2, 0) is 10.4 Å². The molecule has 5 heteroatoms. The van der Waals surface area contributed by atoms with Gasteiger partial charge in [-0.3, -0.25) is 9.59 Å². The van der Waals surface area contributed by atoms with Gasteiger partial charge in [0.2, 0.25) is 0 Å². The Labute approximate surface area is 142 Å². The minimum atomic E-state index is -2.07. The number of anilines is 1. The van der Waals surface area contributed by atoms with Crippen molar-refractivity contribution in [2.75, 3.05) is 5.32 Å². The summed E-state index contributed by atoms with van der Waals surface area (Å²) in [6, 6.07) is 16.4. The number of hydrogen-bond donors (Lipinski definition) is 2. The highest BCUT2D eigenvalue weighted by Gasteiger charge is 2.47. The van der Waals surface area contributed by atoms with Crippen LogP contribution in [0.2, 0.25) is 0 Å². The fraction of sp³-hybridized carbons (Fsp3) is 0.100. The molecule has 0 radical (unpaired) electrons. The van der Waals surface area contributed by atoms with Crippen LogP contribution in [0.3, 0.4) is 0 Å². The minimum absolute atomic E-state index is 0.0895. The molecular weight excluding hydrogens is 321 g/mol. The van der Waals surface area contributed by atoms with E-state index in [4.69, 9.17) is 0 Å². The average Bonchev–Trinajstić information content (AvgIpc) is 2.85. The summed E-state index contributed by atoms with van der Waals surface area (Å²) in [4.78, 5) is 24.9.